The number of nitrogens with zero attached hydrogens (tertiary/aromatic N) is 3. The van der Waals surface area contributed by atoms with Crippen molar-refractivity contribution in [2.45, 2.75) is 18.9 Å². The molecule has 1 aliphatic rings. The van der Waals surface area contributed by atoms with Gasteiger partial charge in [0.05, 0.1) is 0 Å². The van der Waals surface area contributed by atoms with Gasteiger partial charge in [0.15, 0.2) is 17.3 Å². The Bertz CT molecular complexity index is 605. The summed E-state index contributed by atoms with van der Waals surface area (Å²) in [4.78, 5) is 6.51. The first-order valence-electron chi connectivity index (χ1n) is 6.59. The monoisotopic (exact) mass is 275 g/mol. The Balaban J connectivity index is 1.81. The van der Waals surface area contributed by atoms with Crippen molar-refractivity contribution in [2.24, 2.45) is 5.73 Å². The number of aromatic hydroxyl groups is 2. The highest BCUT2D eigenvalue weighted by Gasteiger charge is 2.19. The summed E-state index contributed by atoms with van der Waals surface area (Å²) in [6.45, 7) is 1.69. The molecule has 0 unspecified atom stereocenters. The van der Waals surface area contributed by atoms with Crippen LogP contribution in [0.15, 0.2) is 18.2 Å². The lowest BCUT2D eigenvalue weighted by Crippen LogP contribution is -2.40. The molecule has 0 amide bonds. The number of aromatic nitrogens is 3. The van der Waals surface area contributed by atoms with E-state index in [4.69, 9.17) is 5.73 Å². The van der Waals surface area contributed by atoms with Crippen LogP contribution in [0.5, 0.6) is 11.5 Å². The van der Waals surface area contributed by atoms with Crippen LogP contribution in [-0.4, -0.2) is 44.5 Å². The molecule has 0 atom stereocenters. The van der Waals surface area contributed by atoms with Gasteiger partial charge >= 0.3 is 0 Å². The quantitative estimate of drug-likeness (QED) is 0.604. The molecule has 1 aromatic heterocycles. The lowest BCUT2D eigenvalue weighted by atomic mass is 10.1. The third kappa shape index (κ3) is 2.39. The van der Waals surface area contributed by atoms with Gasteiger partial charge in [0.25, 0.3) is 0 Å². The molecule has 3 rings (SSSR count). The van der Waals surface area contributed by atoms with Crippen LogP contribution >= 0.6 is 0 Å². The molecular weight excluding hydrogens is 258 g/mol. The standard InChI is InChI=1S/C13H17N5O2/c14-9-3-5-18(6-4-9)13-15-12(16-17-13)8-1-2-10(19)11(20)7-8/h1-2,7,9,19-20H,3-6,14H2,(H,15,16,17). The minimum atomic E-state index is -0.176. The van der Waals surface area contributed by atoms with Crippen molar-refractivity contribution >= 4 is 5.95 Å². The summed E-state index contributed by atoms with van der Waals surface area (Å²) in [5.41, 5.74) is 6.55. The smallest absolute Gasteiger partial charge is 0.245 e. The predicted octanol–water partition coefficient (Wildman–Crippen LogP) is 0.810. The first kappa shape index (κ1) is 12.7. The number of anilines is 1. The molecule has 0 radical (unpaired) electrons. The number of hydrogen-bond acceptors (Lipinski definition) is 6. The molecule has 7 nitrogen and oxygen atoms in total. The molecule has 0 spiro atoms. The number of benzene rings is 1. The molecule has 0 aliphatic carbocycles. The third-order valence-corrected chi connectivity index (χ3v) is 3.54. The van der Waals surface area contributed by atoms with E-state index in [9.17, 15) is 10.2 Å². The topological polar surface area (TPSA) is 111 Å². The van der Waals surface area contributed by atoms with Crippen LogP contribution in [0.2, 0.25) is 0 Å². The van der Waals surface area contributed by atoms with Gasteiger partial charge in [-0.15, -0.1) is 5.10 Å². The average molecular weight is 275 g/mol. The number of aromatic amines is 1. The molecule has 2 aromatic rings. The van der Waals surface area contributed by atoms with Gasteiger partial charge in [-0.05, 0) is 31.0 Å². The van der Waals surface area contributed by atoms with Gasteiger partial charge in [-0.2, -0.15) is 4.98 Å². The minimum absolute atomic E-state index is 0.154. The van der Waals surface area contributed by atoms with E-state index in [-0.39, 0.29) is 17.5 Å². The highest BCUT2D eigenvalue weighted by atomic mass is 16.3. The van der Waals surface area contributed by atoms with Gasteiger partial charge in [-0.25, -0.2) is 0 Å². The van der Waals surface area contributed by atoms with Crippen molar-refractivity contribution in [3.63, 3.8) is 0 Å². The summed E-state index contributed by atoms with van der Waals surface area (Å²) in [6.07, 6.45) is 1.87. The maximum Gasteiger partial charge on any atom is 0.245 e. The van der Waals surface area contributed by atoms with E-state index in [2.05, 4.69) is 20.1 Å². The molecule has 1 saturated heterocycles. The zero-order valence-corrected chi connectivity index (χ0v) is 11.0. The SMILES string of the molecule is NC1CCN(c2n[nH]c(-c3ccc(O)c(O)c3)n2)CC1. The number of nitrogens with one attached hydrogen (secondary N) is 1. The van der Waals surface area contributed by atoms with Crippen LogP contribution in [0.1, 0.15) is 12.8 Å². The lowest BCUT2D eigenvalue weighted by molar-refractivity contribution is 0.404. The van der Waals surface area contributed by atoms with Crippen LogP contribution < -0.4 is 10.6 Å². The number of piperidine rings is 1. The second-order valence-corrected chi connectivity index (χ2v) is 5.01. The highest BCUT2D eigenvalue weighted by molar-refractivity contribution is 5.61. The molecule has 7 heteroatoms. The van der Waals surface area contributed by atoms with Crippen molar-refractivity contribution in [2.75, 3.05) is 18.0 Å². The largest absolute Gasteiger partial charge is 0.504 e. The Hall–Kier alpha value is -2.28. The number of H-pyrrole nitrogens is 1. The Morgan fingerprint density at radius 3 is 2.65 bits per heavy atom. The van der Waals surface area contributed by atoms with E-state index < -0.39 is 0 Å². The third-order valence-electron chi connectivity index (χ3n) is 3.54. The van der Waals surface area contributed by atoms with Crippen molar-refractivity contribution in [3.05, 3.63) is 18.2 Å². The summed E-state index contributed by atoms with van der Waals surface area (Å²) in [5.74, 6) is 0.868. The summed E-state index contributed by atoms with van der Waals surface area (Å²) < 4.78 is 0. The number of rotatable bonds is 2. The lowest BCUT2D eigenvalue weighted by Gasteiger charge is -2.28. The van der Waals surface area contributed by atoms with E-state index >= 15 is 0 Å². The van der Waals surface area contributed by atoms with E-state index in [0.29, 0.717) is 17.3 Å². The minimum Gasteiger partial charge on any atom is -0.504 e. The summed E-state index contributed by atoms with van der Waals surface area (Å²) >= 11 is 0. The number of phenolic OH excluding ortho intramolecular Hbond substituents is 2. The molecule has 106 valence electrons. The molecular formula is C13H17N5O2. The summed E-state index contributed by atoms with van der Waals surface area (Å²) in [7, 11) is 0. The van der Waals surface area contributed by atoms with Gasteiger partial charge in [0.2, 0.25) is 5.95 Å². The Labute approximate surface area is 116 Å². The fourth-order valence-electron chi connectivity index (χ4n) is 2.29. The molecule has 1 aromatic carbocycles. The van der Waals surface area contributed by atoms with E-state index in [0.717, 1.165) is 25.9 Å². The van der Waals surface area contributed by atoms with Crippen LogP contribution in [0.25, 0.3) is 11.4 Å². The van der Waals surface area contributed by atoms with Gasteiger partial charge in [0, 0.05) is 24.7 Å². The zero-order chi connectivity index (χ0) is 14.1. The second kappa shape index (κ2) is 5.01. The molecule has 1 aliphatic heterocycles. The Kier molecular flexibility index (Phi) is 3.19. The Morgan fingerprint density at radius 1 is 1.20 bits per heavy atom. The maximum atomic E-state index is 9.51. The average Bonchev–Trinajstić information content (AvgIpc) is 2.92. The zero-order valence-electron chi connectivity index (χ0n) is 11.0. The number of hydrogen-bond donors (Lipinski definition) is 4. The molecule has 0 saturated carbocycles. The molecule has 0 bridgehead atoms. The van der Waals surface area contributed by atoms with Crippen molar-refractivity contribution in [1.82, 2.24) is 15.2 Å². The molecule has 5 N–H and O–H groups in total. The molecule has 2 heterocycles. The first-order valence-corrected chi connectivity index (χ1v) is 6.59. The first-order chi connectivity index (χ1) is 9.63. The van der Waals surface area contributed by atoms with E-state index in [1.807, 2.05) is 0 Å². The highest BCUT2D eigenvalue weighted by Crippen LogP contribution is 2.29. The van der Waals surface area contributed by atoms with Gasteiger partial charge in [-0.1, -0.05) is 0 Å². The van der Waals surface area contributed by atoms with Crippen LogP contribution in [0.4, 0.5) is 5.95 Å². The van der Waals surface area contributed by atoms with Gasteiger partial charge in [-0.3, -0.25) is 5.10 Å². The molecule has 1 fully saturated rings. The number of nitrogens with two attached hydrogens (primary N) is 1. The van der Waals surface area contributed by atoms with Crippen LogP contribution in [0.3, 0.4) is 0 Å². The predicted molar refractivity (Wildman–Crippen MR) is 74.6 cm³/mol. The fraction of sp³-hybridized carbons (Fsp3) is 0.385. The summed E-state index contributed by atoms with van der Waals surface area (Å²) in [5, 5.41) is 25.9. The van der Waals surface area contributed by atoms with Crippen molar-refractivity contribution in [1.29, 1.82) is 0 Å². The van der Waals surface area contributed by atoms with E-state index in [1.54, 1.807) is 6.07 Å². The summed E-state index contributed by atoms with van der Waals surface area (Å²) in [6, 6.07) is 4.81. The van der Waals surface area contributed by atoms with Gasteiger partial charge in [0.1, 0.15) is 0 Å². The van der Waals surface area contributed by atoms with Crippen LogP contribution in [-0.2, 0) is 0 Å². The Morgan fingerprint density at radius 2 is 1.95 bits per heavy atom. The molecule has 20 heavy (non-hydrogen) atoms. The number of phenols is 2. The van der Waals surface area contributed by atoms with Crippen molar-refractivity contribution < 1.29 is 10.2 Å². The fourth-order valence-corrected chi connectivity index (χ4v) is 2.29. The van der Waals surface area contributed by atoms with Crippen molar-refractivity contribution in [3.8, 4) is 22.9 Å². The second-order valence-electron chi connectivity index (χ2n) is 5.01. The van der Waals surface area contributed by atoms with E-state index in [1.165, 1.54) is 12.1 Å². The normalized spacial score (nSPS) is 16.6. The van der Waals surface area contributed by atoms with Gasteiger partial charge < -0.3 is 20.8 Å². The maximum absolute atomic E-state index is 9.51. The van der Waals surface area contributed by atoms with Crippen LogP contribution in [0, 0.1) is 0 Å².